The van der Waals surface area contributed by atoms with Crippen molar-refractivity contribution in [3.63, 3.8) is 0 Å². The smallest absolute Gasteiger partial charge is 0.390 e. The van der Waals surface area contributed by atoms with Gasteiger partial charge in [0, 0.05) is 36.5 Å². The van der Waals surface area contributed by atoms with Crippen molar-refractivity contribution in [3.05, 3.63) is 4.80 Å². The second-order valence-electron chi connectivity index (χ2n) is 4.07. The Kier molecular flexibility index (Phi) is 9.38. The van der Waals surface area contributed by atoms with Gasteiger partial charge in [0.15, 0.2) is 10.3 Å². The van der Waals surface area contributed by atoms with E-state index in [9.17, 15) is 0 Å². The van der Waals surface area contributed by atoms with Gasteiger partial charge in [-0.2, -0.15) is 4.99 Å². The lowest BCUT2D eigenvalue weighted by Crippen LogP contribution is -3.00. The molecule has 0 bridgehead atoms. The molecule has 0 aliphatic rings. The Bertz CT molecular complexity index is 544. The largest absolute Gasteiger partial charge is 1.00 e. The number of aliphatic imine (C=N–C) groups is 1. The van der Waals surface area contributed by atoms with E-state index in [4.69, 9.17) is 12.2 Å². The second kappa shape index (κ2) is 9.28. The predicted molar refractivity (Wildman–Crippen MR) is 92.7 cm³/mol. The second-order valence-corrected chi connectivity index (χ2v) is 7.27. The summed E-state index contributed by atoms with van der Waals surface area (Å²) in [6, 6.07) is 0. The number of halogens is 1. The Morgan fingerprint density at radius 2 is 1.90 bits per heavy atom. The maximum atomic E-state index is 5.21. The average molecular weight is 463 g/mol. The number of aromatic nitrogens is 1. The monoisotopic (exact) mass is 463 g/mol. The molecule has 0 aliphatic heterocycles. The van der Waals surface area contributed by atoms with Crippen LogP contribution in [-0.4, -0.2) is 61.7 Å². The van der Waals surface area contributed by atoms with Gasteiger partial charge in [-0.1, -0.05) is 11.8 Å². The van der Waals surface area contributed by atoms with Crippen LogP contribution < -0.4 is 38.3 Å². The molecule has 1 rings (SSSR count). The molecule has 20 heavy (non-hydrogen) atoms. The lowest BCUT2D eigenvalue weighted by molar-refractivity contribution is -0.00000392. The minimum absolute atomic E-state index is 0. The summed E-state index contributed by atoms with van der Waals surface area (Å²) in [5.74, 6) is 0. The lowest BCUT2D eigenvalue weighted by Gasteiger charge is -2.15. The number of hydrogen-bond donors (Lipinski definition) is 0. The maximum Gasteiger partial charge on any atom is 0.390 e. The molecule has 0 aliphatic carbocycles. The standard InChI is InChI=1S/C10H18N5S4.HI/c1-13(2)7(16)11-9(17-6)15(5)10-12-8(14(3)4)18-19-10;/h1-6H3;1H/q+1;/p-1/b11-9-;. The Hall–Kier alpha value is 0.220. The molecule has 1 aromatic heterocycles. The average Bonchev–Trinajstić information content (AvgIpc) is 2.84. The topological polar surface area (TPSA) is 34.7 Å². The first-order valence-corrected chi connectivity index (χ1v) is 9.20. The summed E-state index contributed by atoms with van der Waals surface area (Å²) < 4.78 is 2.00. The third kappa shape index (κ3) is 5.54. The predicted octanol–water partition coefficient (Wildman–Crippen LogP) is -1.76. The molecular weight excluding hydrogens is 445 g/mol. The first-order valence-electron chi connectivity index (χ1n) is 5.42. The van der Waals surface area contributed by atoms with Crippen LogP contribution in [0.15, 0.2) is 4.99 Å². The molecule has 0 saturated carbocycles. The molecule has 0 saturated heterocycles. The van der Waals surface area contributed by atoms with Gasteiger partial charge in [0.2, 0.25) is 0 Å². The minimum Gasteiger partial charge on any atom is -1.00 e. The van der Waals surface area contributed by atoms with Gasteiger partial charge in [-0.05, 0) is 28.8 Å². The Balaban J connectivity index is 0.00000361. The minimum atomic E-state index is 0. The van der Waals surface area contributed by atoms with E-state index in [1.807, 2.05) is 55.9 Å². The first-order chi connectivity index (χ1) is 8.86. The molecule has 10 heteroatoms. The number of nitrogens with zero attached hydrogens (tertiary/aromatic N) is 5. The van der Waals surface area contributed by atoms with E-state index in [0.717, 1.165) is 15.1 Å². The summed E-state index contributed by atoms with van der Waals surface area (Å²) in [6.45, 7) is 0. The first kappa shape index (κ1) is 20.2. The van der Waals surface area contributed by atoms with Crippen LogP contribution in [-0.2, 0) is 0 Å². The fourth-order valence-electron chi connectivity index (χ4n) is 1.02. The molecule has 5 nitrogen and oxygen atoms in total. The molecule has 0 atom stereocenters. The normalized spacial score (nSPS) is 10.8. The number of thioether (sulfide) groups is 1. The lowest BCUT2D eigenvalue weighted by atomic mass is 10.8. The number of thiocarbonyl (C=S) groups is 1. The highest BCUT2D eigenvalue weighted by atomic mass is 127. The molecule has 0 amide bonds. The third-order valence-electron chi connectivity index (χ3n) is 2.09. The molecule has 1 heterocycles. The summed E-state index contributed by atoms with van der Waals surface area (Å²) in [4.78, 5) is 13.8. The zero-order valence-electron chi connectivity index (χ0n) is 12.2. The molecule has 0 unspecified atom stereocenters. The molecule has 0 radical (unpaired) electrons. The van der Waals surface area contributed by atoms with Gasteiger partial charge in [0.25, 0.3) is 0 Å². The summed E-state index contributed by atoms with van der Waals surface area (Å²) >= 11 is 6.77. The van der Waals surface area contributed by atoms with Gasteiger partial charge in [-0.15, -0.1) is 0 Å². The number of rotatable bonds is 1. The molecule has 1 aromatic rings. The van der Waals surface area contributed by atoms with Gasteiger partial charge < -0.3 is 28.9 Å². The highest BCUT2D eigenvalue weighted by molar-refractivity contribution is 8.13. The zero-order chi connectivity index (χ0) is 14.6. The van der Waals surface area contributed by atoms with Gasteiger partial charge in [-0.25, -0.2) is 0 Å². The molecule has 0 N–H and O–H groups in total. The number of amidine groups is 1. The van der Waals surface area contributed by atoms with E-state index >= 15 is 0 Å². The highest BCUT2D eigenvalue weighted by Crippen LogP contribution is 2.20. The molecule has 0 aromatic carbocycles. The molecular formula is C10H18IN5S4. The fraction of sp³-hybridized carbons (Fsp3) is 0.600. The summed E-state index contributed by atoms with van der Waals surface area (Å²) in [5.41, 5.74) is 0. The summed E-state index contributed by atoms with van der Waals surface area (Å²) in [5, 5.41) is 2.32. The van der Waals surface area contributed by atoms with Gasteiger partial charge in [-0.3, -0.25) is 9.48 Å². The third-order valence-corrected chi connectivity index (χ3v) is 5.63. The number of anilines is 1. The molecule has 0 spiro atoms. The Morgan fingerprint density at radius 3 is 2.30 bits per heavy atom. The van der Waals surface area contributed by atoms with Crippen molar-refractivity contribution in [3.8, 4) is 0 Å². The van der Waals surface area contributed by atoms with Crippen LogP contribution in [0.2, 0.25) is 0 Å². The van der Waals surface area contributed by atoms with E-state index in [1.54, 1.807) is 32.4 Å². The van der Waals surface area contributed by atoms with Crippen LogP contribution in [0.4, 0.5) is 5.13 Å². The van der Waals surface area contributed by atoms with Crippen molar-refractivity contribution in [2.75, 3.05) is 46.4 Å². The van der Waals surface area contributed by atoms with E-state index in [0.29, 0.717) is 5.11 Å². The summed E-state index contributed by atoms with van der Waals surface area (Å²) in [7, 11) is 13.0. The number of hydrogen-bond acceptors (Lipinski definition) is 5. The highest BCUT2D eigenvalue weighted by Gasteiger charge is 2.18. The summed E-state index contributed by atoms with van der Waals surface area (Å²) in [6.07, 6.45) is 1.98. The van der Waals surface area contributed by atoms with Crippen molar-refractivity contribution in [1.82, 2.24) is 14.5 Å². The van der Waals surface area contributed by atoms with Crippen LogP contribution in [0.3, 0.4) is 0 Å². The van der Waals surface area contributed by atoms with Crippen molar-refractivity contribution in [2.24, 2.45) is 4.99 Å². The quantitative estimate of drug-likeness (QED) is 0.123. The van der Waals surface area contributed by atoms with Crippen molar-refractivity contribution < 1.29 is 24.0 Å². The van der Waals surface area contributed by atoms with E-state index in [-0.39, 0.29) is 24.0 Å². The van der Waals surface area contributed by atoms with E-state index in [1.165, 1.54) is 0 Å². The van der Waals surface area contributed by atoms with Crippen LogP contribution in [0.25, 0.3) is 0 Å². The fourth-order valence-corrected chi connectivity index (χ4v) is 4.02. The van der Waals surface area contributed by atoms with Crippen LogP contribution >= 0.6 is 44.7 Å². The van der Waals surface area contributed by atoms with Crippen LogP contribution in [0.5, 0.6) is 0 Å². The van der Waals surface area contributed by atoms with Crippen LogP contribution in [0, 0.1) is 0 Å². The van der Waals surface area contributed by atoms with Crippen molar-refractivity contribution >= 4 is 60.1 Å². The maximum absolute atomic E-state index is 5.21. The van der Waals surface area contributed by atoms with Crippen LogP contribution in [0.1, 0.15) is 0 Å². The molecule has 114 valence electrons. The zero-order valence-corrected chi connectivity index (χ0v) is 17.7. The van der Waals surface area contributed by atoms with Gasteiger partial charge in [0.05, 0.1) is 14.1 Å². The van der Waals surface area contributed by atoms with Gasteiger partial charge >= 0.3 is 9.93 Å². The SMILES string of the molecule is CS/C(=N\C(=S)N(C)C)N(C)c1nc(=[N+](C)C)ss1.[I-]. The Morgan fingerprint density at radius 1 is 1.30 bits per heavy atom. The van der Waals surface area contributed by atoms with Gasteiger partial charge in [0.1, 0.15) is 0 Å². The molecule has 0 fully saturated rings. The Labute approximate surface area is 153 Å². The van der Waals surface area contributed by atoms with Crippen molar-refractivity contribution in [1.29, 1.82) is 0 Å². The van der Waals surface area contributed by atoms with Crippen molar-refractivity contribution in [2.45, 2.75) is 0 Å². The van der Waals surface area contributed by atoms with E-state index in [2.05, 4.69) is 9.98 Å². The van der Waals surface area contributed by atoms with E-state index < -0.39 is 0 Å².